The first-order valence-electron chi connectivity index (χ1n) is 4.62. The Kier molecular flexibility index (Phi) is 6.16. The van der Waals surface area contributed by atoms with Gasteiger partial charge in [0.1, 0.15) is 11.6 Å². The molecule has 6 heteroatoms. The van der Waals surface area contributed by atoms with E-state index < -0.39 is 11.6 Å². The van der Waals surface area contributed by atoms with Crippen molar-refractivity contribution in [1.29, 1.82) is 0 Å². The molecule has 0 fully saturated rings. The number of hydrogen-bond acceptors (Lipinski definition) is 0. The molecule has 2 aromatic rings. The minimum Gasteiger partial charge on any atom is -0.205 e. The van der Waals surface area contributed by atoms with Gasteiger partial charge >= 0.3 is 0 Å². The molecular weight excluding hydrogens is 324 g/mol. The molecule has 0 aliphatic carbocycles. The van der Waals surface area contributed by atoms with Gasteiger partial charge in [0.15, 0.2) is 0 Å². The summed E-state index contributed by atoms with van der Waals surface area (Å²) in [5, 5.41) is 0.465. The summed E-state index contributed by atoms with van der Waals surface area (Å²) in [5.41, 5.74) is 0. The number of benzene rings is 2. The quantitative estimate of drug-likeness (QED) is 0.500. The zero-order chi connectivity index (χ0) is 13.7. The molecule has 0 amide bonds. The second kappa shape index (κ2) is 7.15. The highest BCUT2D eigenvalue weighted by molar-refractivity contribution is 6.42. The summed E-state index contributed by atoms with van der Waals surface area (Å²) >= 11 is 21.6. The van der Waals surface area contributed by atoms with Gasteiger partial charge in [-0.05, 0) is 24.3 Å². The van der Waals surface area contributed by atoms with Crippen LogP contribution in [0.4, 0.5) is 8.78 Å². The fourth-order valence-electron chi connectivity index (χ4n) is 0.955. The summed E-state index contributed by atoms with van der Waals surface area (Å²) in [6, 6.07) is 8.59. The first-order chi connectivity index (χ1) is 8.43. The van der Waals surface area contributed by atoms with Crippen molar-refractivity contribution in [2.24, 2.45) is 0 Å². The van der Waals surface area contributed by atoms with Crippen LogP contribution in [0.2, 0.25) is 20.1 Å². The lowest BCUT2D eigenvalue weighted by Gasteiger charge is -1.92. The van der Waals surface area contributed by atoms with Crippen LogP contribution in [0.25, 0.3) is 0 Å². The second-order valence-corrected chi connectivity index (χ2v) is 4.64. The molecule has 0 N–H and O–H groups in total. The van der Waals surface area contributed by atoms with Gasteiger partial charge < -0.3 is 0 Å². The summed E-state index contributed by atoms with van der Waals surface area (Å²) in [5.74, 6) is -0.965. The lowest BCUT2D eigenvalue weighted by Crippen LogP contribution is -1.74. The van der Waals surface area contributed by atoms with Crippen molar-refractivity contribution in [2.45, 2.75) is 0 Å². The van der Waals surface area contributed by atoms with Crippen molar-refractivity contribution in [1.82, 2.24) is 0 Å². The Morgan fingerprint density at radius 3 is 1.17 bits per heavy atom. The van der Waals surface area contributed by atoms with Crippen LogP contribution in [-0.4, -0.2) is 0 Å². The highest BCUT2D eigenvalue weighted by Crippen LogP contribution is 2.24. The van der Waals surface area contributed by atoms with Crippen LogP contribution < -0.4 is 0 Å². The molecule has 96 valence electrons. The van der Waals surface area contributed by atoms with Crippen molar-refractivity contribution in [3.8, 4) is 0 Å². The van der Waals surface area contributed by atoms with Crippen molar-refractivity contribution < 1.29 is 8.78 Å². The minimum atomic E-state index is -0.482. The summed E-state index contributed by atoms with van der Waals surface area (Å²) < 4.78 is 24.7. The maximum absolute atomic E-state index is 12.4. The Balaban J connectivity index is 0.000000180. The Morgan fingerprint density at radius 1 is 0.611 bits per heavy atom. The molecule has 0 spiro atoms. The van der Waals surface area contributed by atoms with E-state index in [1.165, 1.54) is 36.4 Å². The fourth-order valence-corrected chi connectivity index (χ4v) is 1.53. The average molecular weight is 330 g/mol. The van der Waals surface area contributed by atoms with Crippen LogP contribution in [0.5, 0.6) is 0 Å². The lowest BCUT2D eigenvalue weighted by atomic mass is 10.3. The van der Waals surface area contributed by atoms with Crippen LogP contribution in [0.3, 0.4) is 0 Å². The molecular formula is C12H6Cl4F2. The van der Waals surface area contributed by atoms with Crippen LogP contribution in [0.15, 0.2) is 36.4 Å². The topological polar surface area (TPSA) is 0 Å². The number of halogens is 6. The van der Waals surface area contributed by atoms with Gasteiger partial charge in [0.25, 0.3) is 0 Å². The van der Waals surface area contributed by atoms with Crippen LogP contribution in [-0.2, 0) is 0 Å². The SMILES string of the molecule is Fc1cccc(Cl)c1Cl.Fc1cccc(Cl)c1Cl. The Morgan fingerprint density at radius 2 is 0.944 bits per heavy atom. The normalized spacial score (nSPS) is 9.67. The zero-order valence-electron chi connectivity index (χ0n) is 8.73. The molecule has 2 aromatic carbocycles. The second-order valence-electron chi connectivity index (χ2n) is 3.07. The molecule has 0 aromatic heterocycles. The van der Waals surface area contributed by atoms with E-state index in [0.29, 0.717) is 0 Å². The van der Waals surface area contributed by atoms with E-state index in [9.17, 15) is 8.78 Å². The molecule has 0 atom stereocenters. The lowest BCUT2D eigenvalue weighted by molar-refractivity contribution is 0.628. The predicted octanol–water partition coefficient (Wildman–Crippen LogP) is 6.27. The third-order valence-corrected chi connectivity index (χ3v) is 3.40. The molecule has 2 rings (SSSR count). The van der Waals surface area contributed by atoms with Gasteiger partial charge in [0.05, 0.1) is 20.1 Å². The van der Waals surface area contributed by atoms with Gasteiger partial charge in [-0.2, -0.15) is 0 Å². The average Bonchev–Trinajstić information content (AvgIpc) is 2.34. The van der Waals surface area contributed by atoms with Gasteiger partial charge in [-0.25, -0.2) is 8.78 Å². The first kappa shape index (κ1) is 15.5. The Labute approximate surface area is 123 Å². The maximum atomic E-state index is 12.4. The Hall–Kier alpha value is -0.540. The largest absolute Gasteiger partial charge is 0.205 e. The minimum absolute atomic E-state index is 0.0147. The zero-order valence-corrected chi connectivity index (χ0v) is 11.8. The monoisotopic (exact) mass is 328 g/mol. The third-order valence-electron chi connectivity index (χ3n) is 1.81. The predicted molar refractivity (Wildman–Crippen MR) is 72.8 cm³/mol. The van der Waals surface area contributed by atoms with Crippen molar-refractivity contribution in [3.63, 3.8) is 0 Å². The standard InChI is InChI=1S/2C6H3Cl2F/c2*7-4-2-1-3-5(9)6(4)8/h2*1-3H. The van der Waals surface area contributed by atoms with E-state index in [1.807, 2.05) is 0 Å². The molecule has 0 unspecified atom stereocenters. The molecule has 0 saturated carbocycles. The van der Waals surface area contributed by atoms with E-state index in [1.54, 1.807) is 0 Å². The molecule has 0 aliphatic heterocycles. The molecule has 0 heterocycles. The van der Waals surface area contributed by atoms with E-state index in [2.05, 4.69) is 0 Å². The number of rotatable bonds is 0. The fraction of sp³-hybridized carbons (Fsp3) is 0. The summed E-state index contributed by atoms with van der Waals surface area (Å²) in [7, 11) is 0. The van der Waals surface area contributed by atoms with E-state index in [0.717, 1.165) is 0 Å². The van der Waals surface area contributed by atoms with Crippen LogP contribution >= 0.6 is 46.4 Å². The third kappa shape index (κ3) is 4.29. The van der Waals surface area contributed by atoms with Gasteiger partial charge in [0, 0.05) is 0 Å². The van der Waals surface area contributed by atoms with E-state index in [-0.39, 0.29) is 20.1 Å². The van der Waals surface area contributed by atoms with Gasteiger partial charge in [-0.15, -0.1) is 0 Å². The van der Waals surface area contributed by atoms with Crippen molar-refractivity contribution in [2.75, 3.05) is 0 Å². The Bertz CT molecular complexity index is 454. The van der Waals surface area contributed by atoms with Crippen LogP contribution in [0, 0.1) is 11.6 Å². The first-order valence-corrected chi connectivity index (χ1v) is 6.13. The van der Waals surface area contributed by atoms with Crippen molar-refractivity contribution in [3.05, 3.63) is 68.1 Å². The van der Waals surface area contributed by atoms with E-state index in [4.69, 9.17) is 46.4 Å². The van der Waals surface area contributed by atoms with Gasteiger partial charge in [-0.3, -0.25) is 0 Å². The van der Waals surface area contributed by atoms with Crippen LogP contribution in [0.1, 0.15) is 0 Å². The molecule has 0 bridgehead atoms. The smallest absolute Gasteiger partial charge is 0.143 e. The highest BCUT2D eigenvalue weighted by Gasteiger charge is 2.01. The summed E-state index contributed by atoms with van der Waals surface area (Å²) in [4.78, 5) is 0. The van der Waals surface area contributed by atoms with Crippen molar-refractivity contribution >= 4 is 46.4 Å². The summed E-state index contributed by atoms with van der Waals surface area (Å²) in [6.45, 7) is 0. The van der Waals surface area contributed by atoms with Gasteiger partial charge in [-0.1, -0.05) is 58.5 Å². The highest BCUT2D eigenvalue weighted by atomic mass is 35.5. The molecule has 0 nitrogen and oxygen atoms in total. The summed E-state index contributed by atoms with van der Waals surface area (Å²) in [6.07, 6.45) is 0. The molecule has 0 saturated heterocycles. The molecule has 18 heavy (non-hydrogen) atoms. The molecule has 0 radical (unpaired) electrons. The molecule has 0 aliphatic rings. The number of hydrogen-bond donors (Lipinski definition) is 0. The van der Waals surface area contributed by atoms with Gasteiger partial charge in [0.2, 0.25) is 0 Å². The maximum Gasteiger partial charge on any atom is 0.143 e. The van der Waals surface area contributed by atoms with E-state index >= 15 is 0 Å².